The molecule has 2 aromatic heterocycles. The van der Waals surface area contributed by atoms with Crippen LogP contribution in [-0.4, -0.2) is 34.3 Å². The molecule has 2 heterocycles. The normalized spacial score (nSPS) is 12.8. The van der Waals surface area contributed by atoms with E-state index in [0.717, 1.165) is 35.4 Å². The van der Waals surface area contributed by atoms with Gasteiger partial charge in [-0.25, -0.2) is 4.98 Å². The lowest BCUT2D eigenvalue weighted by molar-refractivity contribution is 0.114. The third kappa shape index (κ3) is 3.83. The molecule has 0 aromatic carbocycles. The summed E-state index contributed by atoms with van der Waals surface area (Å²) in [6.45, 7) is 7.54. The molecule has 116 valence electrons. The summed E-state index contributed by atoms with van der Waals surface area (Å²) in [6.07, 6.45) is 1.62. The molecule has 1 unspecified atom stereocenters. The molecular formula is C15H24N4OS. The van der Waals surface area contributed by atoms with Crippen molar-refractivity contribution in [2.75, 3.05) is 23.7 Å². The van der Waals surface area contributed by atoms with Crippen molar-refractivity contribution in [1.29, 1.82) is 0 Å². The van der Waals surface area contributed by atoms with Crippen LogP contribution in [0.4, 0.5) is 11.8 Å². The Balaban J connectivity index is 2.15. The van der Waals surface area contributed by atoms with Crippen molar-refractivity contribution < 1.29 is 5.11 Å². The molecule has 0 bridgehead atoms. The van der Waals surface area contributed by atoms with Gasteiger partial charge in [0.1, 0.15) is 10.6 Å². The Kier molecular flexibility index (Phi) is 5.76. The summed E-state index contributed by atoms with van der Waals surface area (Å²) in [5.41, 5.74) is 0. The predicted molar refractivity (Wildman–Crippen MR) is 90.1 cm³/mol. The van der Waals surface area contributed by atoms with Gasteiger partial charge in [0.2, 0.25) is 5.95 Å². The molecule has 0 amide bonds. The van der Waals surface area contributed by atoms with E-state index < -0.39 is 0 Å². The van der Waals surface area contributed by atoms with E-state index in [1.54, 1.807) is 11.3 Å². The number of aliphatic hydroxyl groups excluding tert-OH is 1. The van der Waals surface area contributed by atoms with E-state index in [1.807, 2.05) is 18.4 Å². The van der Waals surface area contributed by atoms with Crippen LogP contribution in [0, 0.1) is 5.92 Å². The standard InChI is InChI=1S/C15H24N4OS/c1-4-10(5-2)12(20)9-17-13-11-7-8-21-14(11)19-15(18-13)16-6-3/h7-8,10,12,20H,4-6,9H2,1-3H3,(H2,16,17,18,19). The SMILES string of the molecule is CCNc1nc(NCC(O)C(CC)CC)c2ccsc2n1. The average Bonchev–Trinajstić information content (AvgIpc) is 2.95. The Bertz CT molecular complexity index is 568. The molecular weight excluding hydrogens is 284 g/mol. The molecule has 21 heavy (non-hydrogen) atoms. The molecule has 5 nitrogen and oxygen atoms in total. The highest BCUT2D eigenvalue weighted by molar-refractivity contribution is 7.16. The number of anilines is 2. The van der Waals surface area contributed by atoms with Crippen LogP contribution in [0.2, 0.25) is 0 Å². The molecule has 0 aliphatic carbocycles. The van der Waals surface area contributed by atoms with Crippen molar-refractivity contribution in [3.8, 4) is 0 Å². The van der Waals surface area contributed by atoms with E-state index in [4.69, 9.17) is 0 Å². The molecule has 2 rings (SSSR count). The molecule has 0 aliphatic rings. The van der Waals surface area contributed by atoms with E-state index in [-0.39, 0.29) is 6.10 Å². The van der Waals surface area contributed by atoms with Crippen molar-refractivity contribution >= 4 is 33.3 Å². The van der Waals surface area contributed by atoms with Crippen molar-refractivity contribution in [2.24, 2.45) is 5.92 Å². The second-order valence-electron chi connectivity index (χ2n) is 5.09. The van der Waals surface area contributed by atoms with Crippen LogP contribution >= 0.6 is 11.3 Å². The summed E-state index contributed by atoms with van der Waals surface area (Å²) in [5.74, 6) is 1.75. The first-order valence-electron chi connectivity index (χ1n) is 7.60. The summed E-state index contributed by atoms with van der Waals surface area (Å²) < 4.78 is 0. The fraction of sp³-hybridized carbons (Fsp3) is 0.600. The summed E-state index contributed by atoms with van der Waals surface area (Å²) in [4.78, 5) is 9.94. The average molecular weight is 308 g/mol. The first-order valence-corrected chi connectivity index (χ1v) is 8.48. The maximum Gasteiger partial charge on any atom is 0.226 e. The van der Waals surface area contributed by atoms with E-state index in [1.165, 1.54) is 0 Å². The maximum absolute atomic E-state index is 10.2. The number of fused-ring (bicyclic) bond motifs is 1. The fourth-order valence-electron chi connectivity index (χ4n) is 2.43. The number of hydrogen-bond donors (Lipinski definition) is 3. The quantitative estimate of drug-likeness (QED) is 0.698. The number of nitrogens with zero attached hydrogens (tertiary/aromatic N) is 2. The summed E-state index contributed by atoms with van der Waals surface area (Å²) in [6, 6.07) is 2.02. The van der Waals surface area contributed by atoms with E-state index in [2.05, 4.69) is 34.4 Å². The number of rotatable bonds is 8. The van der Waals surface area contributed by atoms with E-state index in [9.17, 15) is 5.11 Å². The molecule has 1 atom stereocenters. The van der Waals surface area contributed by atoms with Gasteiger partial charge in [-0.3, -0.25) is 0 Å². The van der Waals surface area contributed by atoms with Gasteiger partial charge in [0.25, 0.3) is 0 Å². The van der Waals surface area contributed by atoms with E-state index >= 15 is 0 Å². The van der Waals surface area contributed by atoms with Gasteiger partial charge in [-0.1, -0.05) is 26.7 Å². The Morgan fingerprint density at radius 1 is 1.19 bits per heavy atom. The van der Waals surface area contributed by atoms with Crippen molar-refractivity contribution in [3.63, 3.8) is 0 Å². The lowest BCUT2D eigenvalue weighted by Crippen LogP contribution is -2.28. The first kappa shape index (κ1) is 16.0. The van der Waals surface area contributed by atoms with Gasteiger partial charge in [0.15, 0.2) is 0 Å². The largest absolute Gasteiger partial charge is 0.391 e. The highest BCUT2D eigenvalue weighted by Gasteiger charge is 2.16. The number of nitrogens with one attached hydrogen (secondary N) is 2. The van der Waals surface area contributed by atoms with Gasteiger partial charge in [0, 0.05) is 13.1 Å². The molecule has 0 saturated carbocycles. The molecule has 0 saturated heterocycles. The van der Waals surface area contributed by atoms with Gasteiger partial charge in [-0.05, 0) is 24.3 Å². The van der Waals surface area contributed by atoms with Crippen LogP contribution < -0.4 is 10.6 Å². The third-order valence-corrected chi connectivity index (χ3v) is 4.54. The summed E-state index contributed by atoms with van der Waals surface area (Å²) in [7, 11) is 0. The molecule has 3 N–H and O–H groups in total. The number of hydrogen-bond acceptors (Lipinski definition) is 6. The van der Waals surface area contributed by atoms with Gasteiger partial charge in [0.05, 0.1) is 11.5 Å². The van der Waals surface area contributed by atoms with Crippen LogP contribution in [0.1, 0.15) is 33.6 Å². The smallest absolute Gasteiger partial charge is 0.226 e. The van der Waals surface area contributed by atoms with Crippen molar-refractivity contribution in [2.45, 2.75) is 39.7 Å². The van der Waals surface area contributed by atoms with Crippen LogP contribution in [0.25, 0.3) is 10.2 Å². The first-order chi connectivity index (χ1) is 10.2. The van der Waals surface area contributed by atoms with Gasteiger partial charge < -0.3 is 15.7 Å². The summed E-state index contributed by atoms with van der Waals surface area (Å²) in [5, 5.41) is 19.7. The maximum atomic E-state index is 10.2. The number of aliphatic hydroxyl groups is 1. The zero-order valence-corrected chi connectivity index (χ0v) is 13.7. The Hall–Kier alpha value is -1.40. The number of aromatic nitrogens is 2. The lowest BCUT2D eigenvalue weighted by Gasteiger charge is -2.21. The fourth-order valence-corrected chi connectivity index (χ4v) is 3.19. The van der Waals surface area contributed by atoms with Crippen molar-refractivity contribution in [3.05, 3.63) is 11.4 Å². The molecule has 6 heteroatoms. The lowest BCUT2D eigenvalue weighted by atomic mass is 9.96. The predicted octanol–water partition coefficient (Wildman–Crippen LogP) is 3.33. The zero-order chi connectivity index (χ0) is 15.2. The molecule has 0 spiro atoms. The highest BCUT2D eigenvalue weighted by Crippen LogP contribution is 2.26. The van der Waals surface area contributed by atoms with Crippen LogP contribution in [-0.2, 0) is 0 Å². The van der Waals surface area contributed by atoms with Crippen LogP contribution in [0.15, 0.2) is 11.4 Å². The Morgan fingerprint density at radius 3 is 2.62 bits per heavy atom. The van der Waals surface area contributed by atoms with Gasteiger partial charge in [-0.2, -0.15) is 4.98 Å². The Morgan fingerprint density at radius 2 is 1.95 bits per heavy atom. The highest BCUT2D eigenvalue weighted by atomic mass is 32.1. The topological polar surface area (TPSA) is 70.1 Å². The zero-order valence-electron chi connectivity index (χ0n) is 12.9. The Labute approximate surface area is 129 Å². The van der Waals surface area contributed by atoms with Crippen LogP contribution in [0.5, 0.6) is 0 Å². The van der Waals surface area contributed by atoms with Gasteiger partial charge >= 0.3 is 0 Å². The van der Waals surface area contributed by atoms with E-state index in [0.29, 0.717) is 18.4 Å². The molecule has 2 aromatic rings. The minimum absolute atomic E-state index is 0.325. The molecule has 0 aliphatic heterocycles. The molecule has 0 fully saturated rings. The second kappa shape index (κ2) is 7.56. The minimum Gasteiger partial charge on any atom is -0.391 e. The van der Waals surface area contributed by atoms with Crippen LogP contribution in [0.3, 0.4) is 0 Å². The van der Waals surface area contributed by atoms with Gasteiger partial charge in [-0.15, -0.1) is 11.3 Å². The number of thiophene rings is 1. The monoisotopic (exact) mass is 308 g/mol. The summed E-state index contributed by atoms with van der Waals surface area (Å²) >= 11 is 1.60. The molecule has 0 radical (unpaired) electrons. The third-order valence-electron chi connectivity index (χ3n) is 3.73. The minimum atomic E-state index is -0.355. The van der Waals surface area contributed by atoms with Crippen molar-refractivity contribution in [1.82, 2.24) is 9.97 Å². The second-order valence-corrected chi connectivity index (χ2v) is 5.98.